The molecule has 0 radical (unpaired) electrons. The van der Waals surface area contributed by atoms with E-state index >= 15 is 0 Å². The second-order valence-corrected chi connectivity index (χ2v) is 7.92. The summed E-state index contributed by atoms with van der Waals surface area (Å²) in [5, 5.41) is 0. The van der Waals surface area contributed by atoms with Crippen molar-refractivity contribution < 1.29 is 22.7 Å². The SMILES string of the molecule is COc1ccc(C(=O)N2CCCN(c3ccc(C(F)(F)F)cn3)CC2)cc1C#Cc1ccccn1. The van der Waals surface area contributed by atoms with E-state index in [0.717, 1.165) is 12.3 Å². The van der Waals surface area contributed by atoms with Gasteiger partial charge in [0, 0.05) is 44.1 Å². The van der Waals surface area contributed by atoms with Gasteiger partial charge in [-0.25, -0.2) is 9.97 Å². The van der Waals surface area contributed by atoms with Gasteiger partial charge in [-0.2, -0.15) is 13.2 Å². The Labute approximate surface area is 201 Å². The zero-order chi connectivity index (χ0) is 24.8. The van der Waals surface area contributed by atoms with Crippen molar-refractivity contribution in [3.8, 4) is 17.6 Å². The smallest absolute Gasteiger partial charge is 0.417 e. The van der Waals surface area contributed by atoms with Crippen LogP contribution in [0.4, 0.5) is 19.0 Å². The number of hydrogen-bond donors (Lipinski definition) is 0. The molecule has 180 valence electrons. The van der Waals surface area contributed by atoms with E-state index in [1.54, 1.807) is 48.5 Å². The summed E-state index contributed by atoms with van der Waals surface area (Å²) in [6.07, 6.45) is -1.26. The lowest BCUT2D eigenvalue weighted by Crippen LogP contribution is -2.35. The molecule has 1 aliphatic heterocycles. The molecular formula is C26H23F3N4O2. The molecule has 1 aromatic carbocycles. The lowest BCUT2D eigenvalue weighted by Gasteiger charge is -2.23. The van der Waals surface area contributed by atoms with Crippen LogP contribution in [0.1, 0.15) is 33.6 Å². The second kappa shape index (κ2) is 10.5. The van der Waals surface area contributed by atoms with E-state index in [2.05, 4.69) is 21.8 Å². The molecule has 1 aliphatic rings. The lowest BCUT2D eigenvalue weighted by atomic mass is 10.1. The lowest BCUT2D eigenvalue weighted by molar-refractivity contribution is -0.137. The number of pyridine rings is 2. The number of hydrogen-bond acceptors (Lipinski definition) is 5. The fraction of sp³-hybridized carbons (Fsp3) is 0.269. The zero-order valence-electron chi connectivity index (χ0n) is 19.0. The number of alkyl halides is 3. The van der Waals surface area contributed by atoms with E-state index in [0.29, 0.717) is 61.0 Å². The molecule has 6 nitrogen and oxygen atoms in total. The van der Waals surface area contributed by atoms with Crippen LogP contribution in [0.25, 0.3) is 0 Å². The van der Waals surface area contributed by atoms with Gasteiger partial charge in [-0.3, -0.25) is 4.79 Å². The first-order valence-corrected chi connectivity index (χ1v) is 11.0. The highest BCUT2D eigenvalue weighted by molar-refractivity contribution is 5.95. The summed E-state index contributed by atoms with van der Waals surface area (Å²) in [7, 11) is 1.54. The Morgan fingerprint density at radius 3 is 2.54 bits per heavy atom. The predicted octanol–water partition coefficient (Wildman–Crippen LogP) is 4.26. The summed E-state index contributed by atoms with van der Waals surface area (Å²) >= 11 is 0. The highest BCUT2D eigenvalue weighted by Gasteiger charge is 2.31. The minimum Gasteiger partial charge on any atom is -0.495 e. The molecule has 1 amide bonds. The van der Waals surface area contributed by atoms with Crippen molar-refractivity contribution in [3.05, 3.63) is 83.3 Å². The largest absolute Gasteiger partial charge is 0.495 e. The summed E-state index contributed by atoms with van der Waals surface area (Å²) in [6.45, 7) is 2.00. The molecule has 1 saturated heterocycles. The van der Waals surface area contributed by atoms with Crippen molar-refractivity contribution in [2.45, 2.75) is 12.6 Å². The quantitative estimate of drug-likeness (QED) is 0.525. The summed E-state index contributed by atoms with van der Waals surface area (Å²) in [6, 6.07) is 13.0. The van der Waals surface area contributed by atoms with Crippen LogP contribution in [-0.2, 0) is 6.18 Å². The number of nitrogens with zero attached hydrogens (tertiary/aromatic N) is 4. The normalized spacial score (nSPS) is 14.1. The van der Waals surface area contributed by atoms with E-state index < -0.39 is 11.7 Å². The Bertz CT molecular complexity index is 1240. The molecule has 0 atom stereocenters. The Balaban J connectivity index is 1.47. The van der Waals surface area contributed by atoms with Gasteiger partial charge in [0.1, 0.15) is 17.3 Å². The Kier molecular flexibility index (Phi) is 7.20. The van der Waals surface area contributed by atoms with Crippen LogP contribution < -0.4 is 9.64 Å². The molecule has 35 heavy (non-hydrogen) atoms. The maximum atomic E-state index is 13.2. The minimum absolute atomic E-state index is 0.143. The standard InChI is InChI=1S/C26H23F3N4O2/c1-35-23-10-7-20(17-19(23)6-9-22-5-2-3-12-30-22)25(34)33-14-4-13-32(15-16-33)24-11-8-21(18-31-24)26(27,28)29/h2-3,5,7-8,10-12,17-18H,4,13-16H2,1H3. The van der Waals surface area contributed by atoms with Gasteiger partial charge < -0.3 is 14.5 Å². The summed E-state index contributed by atoms with van der Waals surface area (Å²) in [5.41, 5.74) is 0.886. The van der Waals surface area contributed by atoms with Crippen LogP contribution >= 0.6 is 0 Å². The van der Waals surface area contributed by atoms with Crippen LogP contribution in [0, 0.1) is 11.8 Å². The molecule has 0 N–H and O–H groups in total. The monoisotopic (exact) mass is 480 g/mol. The van der Waals surface area contributed by atoms with Gasteiger partial charge in [0.25, 0.3) is 5.91 Å². The van der Waals surface area contributed by atoms with Crippen LogP contribution in [0.2, 0.25) is 0 Å². The molecule has 2 aromatic heterocycles. The number of methoxy groups -OCH3 is 1. The van der Waals surface area contributed by atoms with Crippen molar-refractivity contribution >= 4 is 11.7 Å². The third kappa shape index (κ3) is 5.90. The van der Waals surface area contributed by atoms with Crippen LogP contribution in [0.3, 0.4) is 0 Å². The van der Waals surface area contributed by atoms with E-state index in [-0.39, 0.29) is 5.91 Å². The number of carbonyl (C=O) groups is 1. The zero-order valence-corrected chi connectivity index (χ0v) is 19.0. The molecule has 0 aliphatic carbocycles. The molecule has 0 bridgehead atoms. The van der Waals surface area contributed by atoms with E-state index in [4.69, 9.17) is 4.74 Å². The van der Waals surface area contributed by atoms with Gasteiger partial charge in [-0.1, -0.05) is 12.0 Å². The number of carbonyl (C=O) groups excluding carboxylic acids is 1. The highest BCUT2D eigenvalue weighted by Crippen LogP contribution is 2.29. The first-order chi connectivity index (χ1) is 16.8. The third-order valence-corrected chi connectivity index (χ3v) is 5.62. The van der Waals surface area contributed by atoms with Crippen molar-refractivity contribution in [1.82, 2.24) is 14.9 Å². The van der Waals surface area contributed by atoms with Crippen molar-refractivity contribution in [1.29, 1.82) is 0 Å². The first kappa shape index (κ1) is 24.1. The fourth-order valence-electron chi connectivity index (χ4n) is 3.78. The number of amides is 1. The van der Waals surface area contributed by atoms with Crippen molar-refractivity contribution in [3.63, 3.8) is 0 Å². The number of aromatic nitrogens is 2. The second-order valence-electron chi connectivity index (χ2n) is 7.92. The molecule has 9 heteroatoms. The highest BCUT2D eigenvalue weighted by atomic mass is 19.4. The van der Waals surface area contributed by atoms with Crippen molar-refractivity contribution in [2.24, 2.45) is 0 Å². The molecular weight excluding hydrogens is 457 g/mol. The minimum atomic E-state index is -4.42. The summed E-state index contributed by atoms with van der Waals surface area (Å²) in [4.78, 5) is 25.0. The predicted molar refractivity (Wildman–Crippen MR) is 125 cm³/mol. The number of rotatable bonds is 3. The fourth-order valence-corrected chi connectivity index (χ4v) is 3.78. The van der Waals surface area contributed by atoms with Gasteiger partial charge in [0.15, 0.2) is 0 Å². The van der Waals surface area contributed by atoms with Crippen LogP contribution in [0.15, 0.2) is 60.9 Å². The number of ether oxygens (including phenoxy) is 1. The molecule has 0 unspecified atom stereocenters. The van der Waals surface area contributed by atoms with Crippen molar-refractivity contribution in [2.75, 3.05) is 38.2 Å². The van der Waals surface area contributed by atoms with Crippen LogP contribution in [-0.4, -0.2) is 54.1 Å². The number of halogens is 3. The van der Waals surface area contributed by atoms with Gasteiger partial charge >= 0.3 is 6.18 Å². The summed E-state index contributed by atoms with van der Waals surface area (Å²) in [5.74, 6) is 6.88. The van der Waals surface area contributed by atoms with E-state index in [1.165, 1.54) is 6.07 Å². The van der Waals surface area contributed by atoms with E-state index in [9.17, 15) is 18.0 Å². The Morgan fingerprint density at radius 2 is 1.86 bits per heavy atom. The average Bonchev–Trinajstić information content (AvgIpc) is 3.13. The molecule has 0 saturated carbocycles. The van der Waals surface area contributed by atoms with Crippen LogP contribution in [0.5, 0.6) is 5.75 Å². The maximum absolute atomic E-state index is 13.2. The third-order valence-electron chi connectivity index (χ3n) is 5.62. The van der Waals surface area contributed by atoms with Gasteiger partial charge in [0.05, 0.1) is 18.2 Å². The van der Waals surface area contributed by atoms with E-state index in [1.807, 2.05) is 11.0 Å². The Morgan fingerprint density at radius 1 is 1.00 bits per heavy atom. The number of benzene rings is 1. The molecule has 3 aromatic rings. The van der Waals surface area contributed by atoms with Gasteiger partial charge in [-0.15, -0.1) is 0 Å². The average molecular weight is 480 g/mol. The molecule has 1 fully saturated rings. The van der Waals surface area contributed by atoms with Gasteiger partial charge in [0.2, 0.25) is 0 Å². The van der Waals surface area contributed by atoms with Gasteiger partial charge in [-0.05, 0) is 54.8 Å². The summed E-state index contributed by atoms with van der Waals surface area (Å²) < 4.78 is 43.9. The molecule has 4 rings (SSSR count). The Hall–Kier alpha value is -4.06. The topological polar surface area (TPSA) is 58.6 Å². The number of anilines is 1. The molecule has 0 spiro atoms. The maximum Gasteiger partial charge on any atom is 0.417 e. The molecule has 3 heterocycles. The first-order valence-electron chi connectivity index (χ1n) is 11.0.